The molecule has 1 aromatic carbocycles. The third kappa shape index (κ3) is 4.93. The predicted octanol–water partition coefficient (Wildman–Crippen LogP) is 3.92. The monoisotopic (exact) mass is 348 g/mol. The van der Waals surface area contributed by atoms with Gasteiger partial charge in [0, 0.05) is 30.9 Å². The van der Waals surface area contributed by atoms with Gasteiger partial charge in [-0.15, -0.1) is 0 Å². The summed E-state index contributed by atoms with van der Waals surface area (Å²) in [5.41, 5.74) is 2.14. The largest absolute Gasteiger partial charge is 0.444 e. The first kappa shape index (κ1) is 18.2. The van der Waals surface area contributed by atoms with E-state index in [0.717, 1.165) is 18.5 Å². The average molecular weight is 348 g/mol. The van der Waals surface area contributed by atoms with E-state index in [1.807, 2.05) is 42.6 Å². The van der Waals surface area contributed by atoms with Crippen molar-refractivity contribution in [2.24, 2.45) is 0 Å². The van der Waals surface area contributed by atoms with E-state index in [1.165, 1.54) is 25.3 Å². The average Bonchev–Trinajstić information content (AvgIpc) is 2.69. The number of likely N-dealkylation sites (tertiary alicyclic amines) is 1. The molecule has 0 spiro atoms. The number of esters is 1. The standard InChI is InChI=1S/C22H24N2O2/c1-18(25)26-22(19-9-3-2-4-10-19)13-8-16-24-15-6-5-12-21(24)20-11-7-14-23-17-20/h2-4,7,9-11,14,17,21-22H,5-6,12,15-16H2,1H3/t21-,22+/m1/s1. The number of carbonyl (C=O) groups is 1. The van der Waals surface area contributed by atoms with Crippen LogP contribution < -0.4 is 0 Å². The molecule has 0 unspecified atom stereocenters. The summed E-state index contributed by atoms with van der Waals surface area (Å²) in [6.45, 7) is 3.10. The summed E-state index contributed by atoms with van der Waals surface area (Å²) in [7, 11) is 0. The number of piperidine rings is 1. The molecule has 3 rings (SSSR count). The fourth-order valence-electron chi connectivity index (χ4n) is 3.35. The Balaban J connectivity index is 1.72. The van der Waals surface area contributed by atoms with Gasteiger partial charge in [-0.05, 0) is 31.0 Å². The van der Waals surface area contributed by atoms with Crippen molar-refractivity contribution in [2.45, 2.75) is 38.3 Å². The Bertz CT molecular complexity index is 765. The van der Waals surface area contributed by atoms with Crippen LogP contribution in [0.15, 0.2) is 54.9 Å². The molecule has 1 aliphatic heterocycles. The van der Waals surface area contributed by atoms with Crippen molar-refractivity contribution in [3.63, 3.8) is 0 Å². The number of hydrogen-bond acceptors (Lipinski definition) is 4. The molecule has 0 bridgehead atoms. The lowest BCUT2D eigenvalue weighted by molar-refractivity contribution is -0.144. The minimum Gasteiger partial charge on any atom is -0.444 e. The molecule has 4 heteroatoms. The highest BCUT2D eigenvalue weighted by Gasteiger charge is 2.23. The van der Waals surface area contributed by atoms with Crippen LogP contribution in [0.1, 0.15) is 49.5 Å². The lowest BCUT2D eigenvalue weighted by atomic mass is 9.96. The van der Waals surface area contributed by atoms with E-state index in [-0.39, 0.29) is 5.97 Å². The Kier molecular flexibility index (Phi) is 6.40. The molecule has 0 amide bonds. The van der Waals surface area contributed by atoms with Crippen LogP contribution in [0.3, 0.4) is 0 Å². The van der Waals surface area contributed by atoms with Crippen molar-refractivity contribution in [3.8, 4) is 11.8 Å². The van der Waals surface area contributed by atoms with E-state index < -0.39 is 6.10 Å². The van der Waals surface area contributed by atoms with E-state index in [1.54, 1.807) is 6.20 Å². The summed E-state index contributed by atoms with van der Waals surface area (Å²) in [6, 6.07) is 14.1. The molecule has 0 aliphatic carbocycles. The normalized spacial score (nSPS) is 18.4. The number of carbonyl (C=O) groups excluding carboxylic acids is 1. The first-order valence-corrected chi connectivity index (χ1v) is 9.08. The first-order valence-electron chi connectivity index (χ1n) is 9.08. The van der Waals surface area contributed by atoms with Crippen LogP contribution >= 0.6 is 0 Å². The van der Waals surface area contributed by atoms with Crippen LogP contribution in [0.25, 0.3) is 0 Å². The lowest BCUT2D eigenvalue weighted by Gasteiger charge is -2.34. The maximum atomic E-state index is 11.4. The minimum absolute atomic E-state index is 0.320. The second-order valence-corrected chi connectivity index (χ2v) is 6.49. The van der Waals surface area contributed by atoms with Gasteiger partial charge in [0.1, 0.15) is 0 Å². The van der Waals surface area contributed by atoms with Crippen LogP contribution in [0.2, 0.25) is 0 Å². The van der Waals surface area contributed by atoms with Gasteiger partial charge in [0.15, 0.2) is 6.10 Å². The quantitative estimate of drug-likeness (QED) is 0.620. The van der Waals surface area contributed by atoms with Crippen molar-refractivity contribution in [3.05, 3.63) is 66.0 Å². The van der Waals surface area contributed by atoms with Gasteiger partial charge in [-0.3, -0.25) is 14.7 Å². The fourth-order valence-corrected chi connectivity index (χ4v) is 3.35. The number of rotatable bonds is 4. The molecular weight excluding hydrogens is 324 g/mol. The molecule has 26 heavy (non-hydrogen) atoms. The minimum atomic E-state index is -0.518. The zero-order valence-corrected chi connectivity index (χ0v) is 15.1. The van der Waals surface area contributed by atoms with Gasteiger partial charge in [-0.25, -0.2) is 0 Å². The van der Waals surface area contributed by atoms with Gasteiger partial charge < -0.3 is 4.74 Å². The third-order valence-electron chi connectivity index (χ3n) is 4.58. The number of benzene rings is 1. The van der Waals surface area contributed by atoms with Crippen LogP contribution in [0.4, 0.5) is 0 Å². The van der Waals surface area contributed by atoms with E-state index in [4.69, 9.17) is 4.74 Å². The number of aromatic nitrogens is 1. The Labute approximate surface area is 155 Å². The molecule has 0 saturated carbocycles. The number of ether oxygens (including phenoxy) is 1. The maximum Gasteiger partial charge on any atom is 0.304 e. The molecule has 4 nitrogen and oxygen atoms in total. The van der Waals surface area contributed by atoms with Crippen molar-refractivity contribution >= 4 is 5.97 Å². The van der Waals surface area contributed by atoms with Crippen molar-refractivity contribution < 1.29 is 9.53 Å². The molecule has 1 aromatic heterocycles. The van der Waals surface area contributed by atoms with Gasteiger partial charge in [-0.2, -0.15) is 0 Å². The molecule has 1 fully saturated rings. The van der Waals surface area contributed by atoms with Gasteiger partial charge >= 0.3 is 5.97 Å². The zero-order valence-electron chi connectivity index (χ0n) is 15.1. The summed E-state index contributed by atoms with van der Waals surface area (Å²) >= 11 is 0. The summed E-state index contributed by atoms with van der Waals surface area (Å²) < 4.78 is 5.40. The molecule has 2 heterocycles. The predicted molar refractivity (Wildman–Crippen MR) is 101 cm³/mol. The van der Waals surface area contributed by atoms with E-state index in [9.17, 15) is 4.79 Å². The van der Waals surface area contributed by atoms with Crippen LogP contribution in [-0.2, 0) is 9.53 Å². The lowest BCUT2D eigenvalue weighted by Crippen LogP contribution is -2.33. The van der Waals surface area contributed by atoms with Crippen LogP contribution in [-0.4, -0.2) is 28.9 Å². The van der Waals surface area contributed by atoms with Gasteiger partial charge in [0.25, 0.3) is 0 Å². The molecule has 2 aromatic rings. The summed E-state index contributed by atoms with van der Waals surface area (Å²) in [6.07, 6.45) is 6.77. The highest BCUT2D eigenvalue weighted by Crippen LogP contribution is 2.29. The molecular formula is C22H24N2O2. The van der Waals surface area contributed by atoms with Gasteiger partial charge in [0.2, 0.25) is 0 Å². The number of nitrogens with zero attached hydrogens (tertiary/aromatic N) is 2. The van der Waals surface area contributed by atoms with Crippen molar-refractivity contribution in [1.82, 2.24) is 9.88 Å². The Hall–Kier alpha value is -2.64. The second kappa shape index (κ2) is 9.17. The smallest absolute Gasteiger partial charge is 0.304 e. The maximum absolute atomic E-state index is 11.4. The second-order valence-electron chi connectivity index (χ2n) is 6.49. The highest BCUT2D eigenvalue weighted by atomic mass is 16.5. The molecule has 1 aliphatic rings. The van der Waals surface area contributed by atoms with Crippen molar-refractivity contribution in [1.29, 1.82) is 0 Å². The van der Waals surface area contributed by atoms with E-state index in [2.05, 4.69) is 27.8 Å². The van der Waals surface area contributed by atoms with Crippen LogP contribution in [0, 0.1) is 11.8 Å². The fraction of sp³-hybridized carbons (Fsp3) is 0.364. The Morgan fingerprint density at radius 2 is 2.12 bits per heavy atom. The zero-order chi connectivity index (χ0) is 18.2. The first-order chi connectivity index (χ1) is 12.7. The number of hydrogen-bond donors (Lipinski definition) is 0. The third-order valence-corrected chi connectivity index (χ3v) is 4.58. The van der Waals surface area contributed by atoms with Gasteiger partial charge in [0.05, 0.1) is 6.54 Å². The van der Waals surface area contributed by atoms with Crippen LogP contribution in [0.5, 0.6) is 0 Å². The molecule has 0 N–H and O–H groups in total. The summed E-state index contributed by atoms with van der Waals surface area (Å²) in [4.78, 5) is 18.1. The van der Waals surface area contributed by atoms with Gasteiger partial charge in [-0.1, -0.05) is 54.7 Å². The summed E-state index contributed by atoms with van der Waals surface area (Å²) in [5, 5.41) is 0. The van der Waals surface area contributed by atoms with Crippen molar-refractivity contribution in [2.75, 3.05) is 13.1 Å². The van der Waals surface area contributed by atoms with E-state index >= 15 is 0 Å². The SMILES string of the molecule is CC(=O)O[C@@H](C#CCN1CCCC[C@@H]1c1cccnc1)c1ccccc1. The Morgan fingerprint density at radius 1 is 1.27 bits per heavy atom. The van der Waals surface area contributed by atoms with E-state index in [0.29, 0.717) is 12.6 Å². The molecule has 1 saturated heterocycles. The number of pyridine rings is 1. The Morgan fingerprint density at radius 3 is 2.85 bits per heavy atom. The molecule has 134 valence electrons. The highest BCUT2D eigenvalue weighted by molar-refractivity contribution is 5.66. The molecule has 2 atom stereocenters. The molecule has 0 radical (unpaired) electrons. The summed E-state index contributed by atoms with van der Waals surface area (Å²) in [5.74, 6) is 6.05. The topological polar surface area (TPSA) is 42.4 Å².